The Bertz CT molecular complexity index is 784. The Morgan fingerprint density at radius 2 is 1.36 bits per heavy atom. The van der Waals surface area contributed by atoms with E-state index in [1.807, 2.05) is 60.7 Å². The zero-order valence-corrected chi connectivity index (χ0v) is 17.9. The summed E-state index contributed by atoms with van der Waals surface area (Å²) in [7, 11) is 0. The molecule has 0 atom stereocenters. The molecule has 0 N–H and O–H groups in total. The molecule has 150 valence electrons. The van der Waals surface area contributed by atoms with Gasteiger partial charge in [0.15, 0.2) is 0 Å². The van der Waals surface area contributed by atoms with Gasteiger partial charge >= 0.3 is 0 Å². The summed E-state index contributed by atoms with van der Waals surface area (Å²) in [6, 6.07) is 20.2. The van der Waals surface area contributed by atoms with Crippen LogP contribution in [0.3, 0.4) is 0 Å². The molecule has 0 unspecified atom stereocenters. The van der Waals surface area contributed by atoms with Gasteiger partial charge in [-0.3, -0.25) is 4.99 Å². The normalized spacial score (nSPS) is 11.4. The molecule has 0 fully saturated rings. The van der Waals surface area contributed by atoms with Gasteiger partial charge in [0, 0.05) is 22.9 Å². The second-order valence-electron chi connectivity index (χ2n) is 6.55. The fourth-order valence-corrected chi connectivity index (χ4v) is 2.67. The first-order valence-corrected chi connectivity index (χ1v) is 10.1. The van der Waals surface area contributed by atoms with Crippen LogP contribution >= 0.6 is 0 Å². The Morgan fingerprint density at radius 1 is 0.750 bits per heavy atom. The Morgan fingerprint density at radius 3 is 1.93 bits per heavy atom. The first kappa shape index (κ1) is 23.9. The molecule has 2 aromatic carbocycles. The smallest absolute Gasteiger partial charge is 0.135 e. The molecule has 0 radical (unpaired) electrons. The van der Waals surface area contributed by atoms with Crippen molar-refractivity contribution in [2.24, 2.45) is 9.98 Å². The molecule has 0 aliphatic heterocycles. The maximum atomic E-state index is 4.91. The van der Waals surface area contributed by atoms with Gasteiger partial charge in [-0.25, -0.2) is 4.99 Å². The van der Waals surface area contributed by atoms with Crippen molar-refractivity contribution in [2.75, 3.05) is 0 Å². The largest absolute Gasteiger partial charge is 0.251 e. The number of nitrogens with zero attached hydrogens (tertiary/aromatic N) is 2. The molecule has 0 aliphatic rings. The molecule has 0 aliphatic carbocycles. The Hall–Kier alpha value is -2.17. The fourth-order valence-electron chi connectivity index (χ4n) is 2.67. The Labute approximate surface area is 180 Å². The number of hydrogen-bond donors (Lipinski definition) is 0. The monoisotopic (exact) mass is 416 g/mol. The minimum atomic E-state index is 0. The van der Waals surface area contributed by atoms with E-state index in [2.05, 4.69) is 25.7 Å². The fraction of sp³-hybridized carbons (Fsp3) is 0.360. The van der Waals surface area contributed by atoms with E-state index >= 15 is 0 Å². The third kappa shape index (κ3) is 9.16. The van der Waals surface area contributed by atoms with Gasteiger partial charge in [-0.05, 0) is 49.4 Å². The molecule has 0 spiro atoms. The standard InChI is InChI=1S/C25H30N2.Ni/c1-3-5-7-15-21-25(27-23-18-13-9-14-19-23)24(20-10-6-4-2)26-22-16-11-8-12-17-22;/h8-9,11-14,16-19H,3-7,15,21H2,1-2H3;/b26-24+,27-25+;. The average molecular weight is 417 g/mol. The van der Waals surface area contributed by atoms with Crippen LogP contribution in [0, 0.1) is 11.8 Å². The first-order valence-electron chi connectivity index (χ1n) is 10.1. The van der Waals surface area contributed by atoms with Crippen LogP contribution in [0.4, 0.5) is 11.4 Å². The number of rotatable bonds is 9. The van der Waals surface area contributed by atoms with Crippen molar-refractivity contribution in [1.29, 1.82) is 0 Å². The molecule has 3 heteroatoms. The molecule has 0 aromatic heterocycles. The van der Waals surface area contributed by atoms with Gasteiger partial charge in [0.1, 0.15) is 5.71 Å². The molecule has 0 heterocycles. The first-order chi connectivity index (χ1) is 13.3. The van der Waals surface area contributed by atoms with Crippen LogP contribution in [0.5, 0.6) is 0 Å². The molecule has 2 nitrogen and oxygen atoms in total. The van der Waals surface area contributed by atoms with Crippen LogP contribution in [-0.2, 0) is 16.5 Å². The number of unbranched alkanes of at least 4 members (excludes halogenated alkanes) is 4. The number of hydrogen-bond acceptors (Lipinski definition) is 2. The molecular weight excluding hydrogens is 387 g/mol. The van der Waals surface area contributed by atoms with Gasteiger partial charge in [-0.1, -0.05) is 75.4 Å². The molecule has 2 aromatic rings. The summed E-state index contributed by atoms with van der Waals surface area (Å²) < 4.78 is 0. The van der Waals surface area contributed by atoms with Crippen molar-refractivity contribution in [3.63, 3.8) is 0 Å². The summed E-state index contributed by atoms with van der Waals surface area (Å²) in [6.07, 6.45) is 7.64. The summed E-state index contributed by atoms with van der Waals surface area (Å²) in [4.78, 5) is 9.75. The molecule has 28 heavy (non-hydrogen) atoms. The SMILES string of the molecule is CCCC#CC(=N\c1ccccc1)/C(CCCCCC)=N/c1ccccc1.[Ni]. The maximum Gasteiger partial charge on any atom is 0.135 e. The molecule has 0 saturated heterocycles. The van der Waals surface area contributed by atoms with E-state index in [1.54, 1.807) is 0 Å². The summed E-state index contributed by atoms with van der Waals surface area (Å²) in [5, 5.41) is 0. The van der Waals surface area contributed by atoms with E-state index in [9.17, 15) is 0 Å². The second-order valence-corrected chi connectivity index (χ2v) is 6.55. The van der Waals surface area contributed by atoms with E-state index in [-0.39, 0.29) is 16.5 Å². The van der Waals surface area contributed by atoms with Crippen molar-refractivity contribution >= 4 is 22.8 Å². The summed E-state index contributed by atoms with van der Waals surface area (Å²) in [5.41, 5.74) is 3.67. The van der Waals surface area contributed by atoms with Gasteiger partial charge in [-0.15, -0.1) is 0 Å². The molecule has 0 amide bonds. The molecule has 2 rings (SSSR count). The van der Waals surface area contributed by atoms with Crippen molar-refractivity contribution in [3.8, 4) is 11.8 Å². The van der Waals surface area contributed by atoms with Gasteiger partial charge in [-0.2, -0.15) is 0 Å². The molecular formula is C25H30N2Ni. The Kier molecular flexibility index (Phi) is 12.7. The average Bonchev–Trinajstić information content (AvgIpc) is 2.71. The minimum Gasteiger partial charge on any atom is -0.251 e. The second kappa shape index (κ2) is 14.8. The number of aliphatic imine (C=N–C) groups is 2. The van der Waals surface area contributed by atoms with Crippen molar-refractivity contribution in [2.45, 2.75) is 58.8 Å². The van der Waals surface area contributed by atoms with E-state index in [0.29, 0.717) is 0 Å². The summed E-state index contributed by atoms with van der Waals surface area (Å²) >= 11 is 0. The van der Waals surface area contributed by atoms with Gasteiger partial charge in [0.25, 0.3) is 0 Å². The minimum absolute atomic E-state index is 0. The van der Waals surface area contributed by atoms with Gasteiger partial charge in [0.2, 0.25) is 0 Å². The summed E-state index contributed by atoms with van der Waals surface area (Å²) in [5.74, 6) is 6.56. The van der Waals surface area contributed by atoms with Crippen LogP contribution in [0.25, 0.3) is 0 Å². The van der Waals surface area contributed by atoms with Crippen molar-refractivity contribution in [3.05, 3.63) is 60.7 Å². The van der Waals surface area contributed by atoms with Crippen LogP contribution in [0.1, 0.15) is 58.8 Å². The van der Waals surface area contributed by atoms with Crippen molar-refractivity contribution in [1.82, 2.24) is 0 Å². The molecule has 0 saturated carbocycles. The van der Waals surface area contributed by atoms with Crippen LogP contribution < -0.4 is 0 Å². The molecule has 0 bridgehead atoms. The number of benzene rings is 2. The van der Waals surface area contributed by atoms with Crippen LogP contribution in [0.15, 0.2) is 70.6 Å². The van der Waals surface area contributed by atoms with E-state index < -0.39 is 0 Å². The van der Waals surface area contributed by atoms with Gasteiger partial charge in [0.05, 0.1) is 17.1 Å². The Balaban J connectivity index is 0.00000392. The zero-order valence-electron chi connectivity index (χ0n) is 16.9. The van der Waals surface area contributed by atoms with Crippen LogP contribution in [-0.4, -0.2) is 11.4 Å². The predicted molar refractivity (Wildman–Crippen MR) is 119 cm³/mol. The predicted octanol–water partition coefficient (Wildman–Crippen LogP) is 7.30. The number of para-hydroxylation sites is 2. The zero-order chi connectivity index (χ0) is 19.2. The quantitative estimate of drug-likeness (QED) is 0.177. The van der Waals surface area contributed by atoms with E-state index in [4.69, 9.17) is 9.98 Å². The van der Waals surface area contributed by atoms with Crippen molar-refractivity contribution < 1.29 is 16.5 Å². The van der Waals surface area contributed by atoms with E-state index in [0.717, 1.165) is 48.5 Å². The third-order valence-electron chi connectivity index (χ3n) is 4.14. The van der Waals surface area contributed by atoms with Crippen LogP contribution in [0.2, 0.25) is 0 Å². The third-order valence-corrected chi connectivity index (χ3v) is 4.14. The topological polar surface area (TPSA) is 24.7 Å². The summed E-state index contributed by atoms with van der Waals surface area (Å²) in [6.45, 7) is 4.38. The maximum absolute atomic E-state index is 4.91. The van der Waals surface area contributed by atoms with E-state index in [1.165, 1.54) is 19.3 Å². The van der Waals surface area contributed by atoms with Gasteiger partial charge < -0.3 is 0 Å².